The van der Waals surface area contributed by atoms with Crippen molar-refractivity contribution in [3.63, 3.8) is 0 Å². The Balaban J connectivity index is 3.01. The first-order valence-corrected chi connectivity index (χ1v) is 4.34. The summed E-state index contributed by atoms with van der Waals surface area (Å²) in [4.78, 5) is 10.6. The fraction of sp³-hybridized carbons (Fsp3) is 0.300. The normalized spacial score (nSPS) is 12.5. The van der Waals surface area contributed by atoms with Crippen molar-refractivity contribution >= 4 is 5.97 Å². The van der Waals surface area contributed by atoms with Crippen molar-refractivity contribution in [1.29, 1.82) is 0 Å². The molecule has 1 aromatic rings. The van der Waals surface area contributed by atoms with E-state index in [1.807, 2.05) is 0 Å². The third kappa shape index (κ3) is 2.73. The minimum Gasteiger partial charge on any atom is -0.479 e. The Morgan fingerprint density at radius 1 is 1.38 bits per heavy atom. The van der Waals surface area contributed by atoms with Gasteiger partial charge in [0.25, 0.3) is 0 Å². The molecule has 0 saturated carbocycles. The summed E-state index contributed by atoms with van der Waals surface area (Å²) in [5.74, 6) is -4.64. The molecular weight excluding hydrogens is 225 g/mol. The van der Waals surface area contributed by atoms with Crippen LogP contribution in [0.2, 0.25) is 0 Å². The molecule has 6 heteroatoms. The quantitative estimate of drug-likeness (QED) is 0.863. The minimum absolute atomic E-state index is 0.493. The largest absolute Gasteiger partial charge is 0.479 e. The maximum absolute atomic E-state index is 13.1. The van der Waals surface area contributed by atoms with Gasteiger partial charge in [0.05, 0.1) is 0 Å². The molecule has 16 heavy (non-hydrogen) atoms. The molecular formula is C10H9F3O3. The van der Waals surface area contributed by atoms with Gasteiger partial charge in [0.15, 0.2) is 6.10 Å². The molecule has 0 amide bonds. The number of methoxy groups -OCH3 is 1. The van der Waals surface area contributed by atoms with Gasteiger partial charge in [-0.25, -0.2) is 18.0 Å². The molecule has 0 heterocycles. The number of carboxylic acids is 1. The van der Waals surface area contributed by atoms with Crippen LogP contribution in [-0.4, -0.2) is 24.3 Å². The molecule has 3 nitrogen and oxygen atoms in total. The first-order valence-electron chi connectivity index (χ1n) is 4.34. The number of hydrogen-bond donors (Lipinski definition) is 1. The van der Waals surface area contributed by atoms with Crippen LogP contribution in [0.5, 0.6) is 0 Å². The number of carbonyl (C=O) groups is 1. The zero-order chi connectivity index (χ0) is 12.3. The summed E-state index contributed by atoms with van der Waals surface area (Å²) in [5, 5.41) is 8.63. The predicted octanol–water partition coefficient (Wildman–Crippen LogP) is 1.75. The Labute approximate surface area is 89.5 Å². The van der Waals surface area contributed by atoms with Crippen molar-refractivity contribution in [2.45, 2.75) is 12.5 Å². The van der Waals surface area contributed by atoms with Crippen molar-refractivity contribution in [2.24, 2.45) is 0 Å². The number of rotatable bonds is 4. The Morgan fingerprint density at radius 3 is 2.25 bits per heavy atom. The summed E-state index contributed by atoms with van der Waals surface area (Å²) in [7, 11) is 1.11. The number of ether oxygens (including phenoxy) is 1. The van der Waals surface area contributed by atoms with Gasteiger partial charge in [-0.1, -0.05) is 0 Å². The van der Waals surface area contributed by atoms with Crippen LogP contribution in [0.1, 0.15) is 5.56 Å². The molecule has 1 N–H and O–H groups in total. The van der Waals surface area contributed by atoms with Gasteiger partial charge in [-0.3, -0.25) is 0 Å². The van der Waals surface area contributed by atoms with Gasteiger partial charge >= 0.3 is 5.97 Å². The summed E-state index contributed by atoms with van der Waals surface area (Å²) in [6.45, 7) is 0. The van der Waals surface area contributed by atoms with Gasteiger partial charge < -0.3 is 9.84 Å². The van der Waals surface area contributed by atoms with Crippen LogP contribution in [0.15, 0.2) is 12.1 Å². The van der Waals surface area contributed by atoms with Crippen LogP contribution >= 0.6 is 0 Å². The van der Waals surface area contributed by atoms with E-state index in [1.165, 1.54) is 0 Å². The van der Waals surface area contributed by atoms with Crippen molar-refractivity contribution in [2.75, 3.05) is 7.11 Å². The van der Waals surface area contributed by atoms with Gasteiger partial charge in [0, 0.05) is 31.2 Å². The van der Waals surface area contributed by atoms with E-state index in [0.717, 1.165) is 7.11 Å². The molecule has 1 rings (SSSR count). The Bertz CT molecular complexity index is 383. The molecule has 1 atom stereocenters. The highest BCUT2D eigenvalue weighted by Crippen LogP contribution is 2.17. The van der Waals surface area contributed by atoms with Gasteiger partial charge in [-0.2, -0.15) is 0 Å². The molecule has 88 valence electrons. The van der Waals surface area contributed by atoms with E-state index in [0.29, 0.717) is 12.1 Å². The average molecular weight is 234 g/mol. The van der Waals surface area contributed by atoms with E-state index in [4.69, 9.17) is 5.11 Å². The molecule has 0 aromatic heterocycles. The molecule has 0 aliphatic rings. The summed E-state index contributed by atoms with van der Waals surface area (Å²) in [5.41, 5.74) is -0.504. The number of carboxylic acid groups (broad SMARTS) is 1. The van der Waals surface area contributed by atoms with Crippen molar-refractivity contribution in [3.05, 3.63) is 35.1 Å². The van der Waals surface area contributed by atoms with Crippen LogP contribution in [0, 0.1) is 17.5 Å². The Kier molecular flexibility index (Phi) is 3.89. The third-order valence-corrected chi connectivity index (χ3v) is 2.06. The maximum Gasteiger partial charge on any atom is 0.333 e. The lowest BCUT2D eigenvalue weighted by molar-refractivity contribution is -0.148. The number of hydrogen-bond acceptors (Lipinski definition) is 2. The SMILES string of the molecule is COC(Cc1c(F)cc(F)cc1F)C(=O)O. The summed E-state index contributed by atoms with van der Waals surface area (Å²) < 4.78 is 43.4. The Hall–Kier alpha value is -1.56. The van der Waals surface area contributed by atoms with E-state index < -0.39 is 41.5 Å². The molecule has 0 aliphatic carbocycles. The average Bonchev–Trinajstić information content (AvgIpc) is 2.15. The molecule has 0 saturated heterocycles. The molecule has 0 radical (unpaired) electrons. The second kappa shape index (κ2) is 4.98. The fourth-order valence-electron chi connectivity index (χ4n) is 1.22. The smallest absolute Gasteiger partial charge is 0.333 e. The topological polar surface area (TPSA) is 46.5 Å². The van der Waals surface area contributed by atoms with E-state index in [9.17, 15) is 18.0 Å². The number of benzene rings is 1. The van der Waals surface area contributed by atoms with E-state index in [1.54, 1.807) is 0 Å². The minimum atomic E-state index is -1.37. The zero-order valence-corrected chi connectivity index (χ0v) is 8.34. The molecule has 1 unspecified atom stereocenters. The summed E-state index contributed by atoms with van der Waals surface area (Å²) >= 11 is 0. The van der Waals surface area contributed by atoms with Crippen LogP contribution in [0.3, 0.4) is 0 Å². The van der Waals surface area contributed by atoms with Gasteiger partial charge in [0.2, 0.25) is 0 Å². The van der Waals surface area contributed by atoms with Gasteiger partial charge in [0.1, 0.15) is 17.5 Å². The van der Waals surface area contributed by atoms with Crippen molar-refractivity contribution in [3.8, 4) is 0 Å². The highest BCUT2D eigenvalue weighted by atomic mass is 19.1. The highest BCUT2D eigenvalue weighted by molar-refractivity contribution is 5.72. The summed E-state index contributed by atoms with van der Waals surface area (Å²) in [6.07, 6.45) is -1.86. The zero-order valence-electron chi connectivity index (χ0n) is 8.34. The molecule has 1 aromatic carbocycles. The van der Waals surface area contributed by atoms with E-state index in [-0.39, 0.29) is 0 Å². The molecule has 0 aliphatic heterocycles. The number of aliphatic carboxylic acids is 1. The lowest BCUT2D eigenvalue weighted by atomic mass is 10.1. The van der Waals surface area contributed by atoms with Crippen molar-refractivity contribution < 1.29 is 27.8 Å². The highest BCUT2D eigenvalue weighted by Gasteiger charge is 2.22. The van der Waals surface area contributed by atoms with Gasteiger partial charge in [-0.05, 0) is 0 Å². The lowest BCUT2D eigenvalue weighted by Gasteiger charge is -2.11. The second-order valence-electron chi connectivity index (χ2n) is 3.11. The molecule has 0 spiro atoms. The van der Waals surface area contributed by atoms with Crippen LogP contribution in [0.4, 0.5) is 13.2 Å². The molecule has 0 bridgehead atoms. The Morgan fingerprint density at radius 2 is 1.88 bits per heavy atom. The lowest BCUT2D eigenvalue weighted by Crippen LogP contribution is -2.25. The monoisotopic (exact) mass is 234 g/mol. The fourth-order valence-corrected chi connectivity index (χ4v) is 1.22. The van der Waals surface area contributed by atoms with Crippen LogP contribution < -0.4 is 0 Å². The standard InChI is InChI=1S/C10H9F3O3/c1-16-9(10(14)15)4-6-7(12)2-5(11)3-8(6)13/h2-3,9H,4H2,1H3,(H,14,15). The van der Waals surface area contributed by atoms with Crippen molar-refractivity contribution in [1.82, 2.24) is 0 Å². The molecule has 0 fully saturated rings. The van der Waals surface area contributed by atoms with E-state index in [2.05, 4.69) is 4.74 Å². The van der Waals surface area contributed by atoms with Crippen LogP contribution in [-0.2, 0) is 16.0 Å². The first-order chi connectivity index (χ1) is 7.45. The summed E-state index contributed by atoms with van der Waals surface area (Å²) in [6, 6.07) is 0.986. The van der Waals surface area contributed by atoms with Crippen LogP contribution in [0.25, 0.3) is 0 Å². The first kappa shape index (κ1) is 12.5. The van der Waals surface area contributed by atoms with E-state index >= 15 is 0 Å². The second-order valence-corrected chi connectivity index (χ2v) is 3.11. The number of halogens is 3. The van der Waals surface area contributed by atoms with Gasteiger partial charge in [-0.15, -0.1) is 0 Å². The third-order valence-electron chi connectivity index (χ3n) is 2.06. The maximum atomic E-state index is 13.1. The predicted molar refractivity (Wildman–Crippen MR) is 48.5 cm³/mol.